The maximum Gasteiger partial charge on any atom is 0.153 e. The van der Waals surface area contributed by atoms with E-state index in [0.29, 0.717) is 11.4 Å². The molecule has 0 aliphatic rings. The van der Waals surface area contributed by atoms with E-state index in [1.807, 2.05) is 25.1 Å². The fourth-order valence-electron chi connectivity index (χ4n) is 1.16. The maximum atomic E-state index is 11.5. The van der Waals surface area contributed by atoms with Gasteiger partial charge in [-0.1, -0.05) is 23.7 Å². The molecule has 14 heavy (non-hydrogen) atoms. The third-order valence-corrected chi connectivity index (χ3v) is 2.42. The van der Waals surface area contributed by atoms with E-state index in [4.69, 9.17) is 11.6 Å². The van der Waals surface area contributed by atoms with Gasteiger partial charge in [-0.3, -0.25) is 4.79 Å². The summed E-state index contributed by atoms with van der Waals surface area (Å²) < 4.78 is 0. The van der Waals surface area contributed by atoms with Crippen molar-refractivity contribution in [3.63, 3.8) is 0 Å². The molecule has 0 aromatic heterocycles. The second-order valence-corrected chi connectivity index (χ2v) is 3.72. The molecule has 1 unspecified atom stereocenters. The highest BCUT2D eigenvalue weighted by Crippen LogP contribution is 2.11. The van der Waals surface area contributed by atoms with E-state index in [0.717, 1.165) is 5.56 Å². The SMILES string of the molecule is CNC(C)C(=O)Cc1cccc(Cl)c1. The van der Waals surface area contributed by atoms with E-state index in [-0.39, 0.29) is 11.8 Å². The molecule has 76 valence electrons. The average molecular weight is 212 g/mol. The van der Waals surface area contributed by atoms with E-state index in [9.17, 15) is 4.79 Å². The normalized spacial score (nSPS) is 12.5. The summed E-state index contributed by atoms with van der Waals surface area (Å²) in [5, 5.41) is 3.59. The first-order valence-electron chi connectivity index (χ1n) is 4.58. The number of Topliss-reactive ketones (excluding diaryl/α,β-unsaturated/α-hetero) is 1. The van der Waals surface area contributed by atoms with Gasteiger partial charge in [0, 0.05) is 11.4 Å². The van der Waals surface area contributed by atoms with Crippen LogP contribution in [-0.2, 0) is 11.2 Å². The Hall–Kier alpha value is -0.860. The number of rotatable bonds is 4. The minimum absolute atomic E-state index is 0.103. The Morgan fingerprint density at radius 2 is 2.29 bits per heavy atom. The molecule has 1 N–H and O–H groups in total. The van der Waals surface area contributed by atoms with Gasteiger partial charge in [0.2, 0.25) is 0 Å². The van der Waals surface area contributed by atoms with Crippen LogP contribution in [0.5, 0.6) is 0 Å². The Kier molecular flexibility index (Phi) is 4.11. The summed E-state index contributed by atoms with van der Waals surface area (Å²) in [4.78, 5) is 11.5. The molecular formula is C11H14ClNO. The summed E-state index contributed by atoms with van der Waals surface area (Å²) in [5.74, 6) is 0.176. The van der Waals surface area contributed by atoms with Crippen LogP contribution in [-0.4, -0.2) is 18.9 Å². The molecule has 0 heterocycles. The molecule has 1 aromatic rings. The number of hydrogen-bond acceptors (Lipinski definition) is 2. The third-order valence-electron chi connectivity index (χ3n) is 2.18. The molecule has 2 nitrogen and oxygen atoms in total. The Bertz CT molecular complexity index is 325. The summed E-state index contributed by atoms with van der Waals surface area (Å²) in [6, 6.07) is 7.29. The fraction of sp³-hybridized carbons (Fsp3) is 0.364. The molecule has 0 amide bonds. The van der Waals surface area contributed by atoms with Crippen LogP contribution in [0.25, 0.3) is 0 Å². The quantitative estimate of drug-likeness (QED) is 0.826. The lowest BCUT2D eigenvalue weighted by molar-refractivity contribution is -0.119. The van der Waals surface area contributed by atoms with E-state index < -0.39 is 0 Å². The van der Waals surface area contributed by atoms with Crippen molar-refractivity contribution in [2.24, 2.45) is 0 Å². The first kappa shape index (κ1) is 11.2. The lowest BCUT2D eigenvalue weighted by Crippen LogP contribution is -2.31. The van der Waals surface area contributed by atoms with E-state index >= 15 is 0 Å². The number of benzene rings is 1. The number of likely N-dealkylation sites (N-methyl/N-ethyl adjacent to an activating group) is 1. The zero-order valence-corrected chi connectivity index (χ0v) is 9.14. The smallest absolute Gasteiger partial charge is 0.153 e. The molecule has 0 radical (unpaired) electrons. The van der Waals surface area contributed by atoms with Crippen LogP contribution < -0.4 is 5.32 Å². The standard InChI is InChI=1S/C11H14ClNO/c1-8(13-2)11(14)7-9-4-3-5-10(12)6-9/h3-6,8,13H,7H2,1-2H3. The first-order valence-corrected chi connectivity index (χ1v) is 4.95. The van der Waals surface area contributed by atoms with Crippen molar-refractivity contribution in [2.75, 3.05) is 7.05 Å². The second-order valence-electron chi connectivity index (χ2n) is 3.28. The molecule has 1 atom stereocenters. The van der Waals surface area contributed by atoms with Gasteiger partial charge < -0.3 is 5.32 Å². The number of carbonyl (C=O) groups is 1. The average Bonchev–Trinajstić information content (AvgIpc) is 2.16. The van der Waals surface area contributed by atoms with Gasteiger partial charge in [-0.25, -0.2) is 0 Å². The summed E-state index contributed by atoms with van der Waals surface area (Å²) in [6.07, 6.45) is 0.433. The van der Waals surface area contributed by atoms with Gasteiger partial charge in [-0.2, -0.15) is 0 Å². The van der Waals surface area contributed by atoms with Crippen molar-refractivity contribution in [3.05, 3.63) is 34.9 Å². The van der Waals surface area contributed by atoms with Crippen LogP contribution >= 0.6 is 11.6 Å². The molecular weight excluding hydrogens is 198 g/mol. The van der Waals surface area contributed by atoms with Gasteiger partial charge in [0.1, 0.15) is 0 Å². The van der Waals surface area contributed by atoms with Crippen molar-refractivity contribution >= 4 is 17.4 Å². The van der Waals surface area contributed by atoms with Gasteiger partial charge in [0.05, 0.1) is 6.04 Å². The van der Waals surface area contributed by atoms with Crippen molar-refractivity contribution in [3.8, 4) is 0 Å². The van der Waals surface area contributed by atoms with E-state index in [1.165, 1.54) is 0 Å². The second kappa shape index (κ2) is 5.13. The Balaban J connectivity index is 2.65. The Morgan fingerprint density at radius 3 is 2.86 bits per heavy atom. The summed E-state index contributed by atoms with van der Waals surface area (Å²) >= 11 is 5.81. The van der Waals surface area contributed by atoms with Crippen LogP contribution in [0.15, 0.2) is 24.3 Å². The van der Waals surface area contributed by atoms with Gasteiger partial charge in [0.15, 0.2) is 5.78 Å². The molecule has 0 saturated heterocycles. The molecule has 0 bridgehead atoms. The first-order chi connectivity index (χ1) is 6.63. The zero-order chi connectivity index (χ0) is 10.6. The minimum atomic E-state index is -0.103. The lowest BCUT2D eigenvalue weighted by Gasteiger charge is -2.08. The van der Waals surface area contributed by atoms with Crippen LogP contribution in [0.4, 0.5) is 0 Å². The molecule has 3 heteroatoms. The molecule has 1 rings (SSSR count). The predicted octanol–water partition coefficient (Wildman–Crippen LogP) is 2.06. The van der Waals surface area contributed by atoms with Gasteiger partial charge in [-0.05, 0) is 31.7 Å². The molecule has 0 saturated carbocycles. The molecule has 1 aromatic carbocycles. The summed E-state index contributed by atoms with van der Waals surface area (Å²) in [6.45, 7) is 1.85. The topological polar surface area (TPSA) is 29.1 Å². The van der Waals surface area contributed by atoms with Crippen molar-refractivity contribution < 1.29 is 4.79 Å². The van der Waals surface area contributed by atoms with Crippen molar-refractivity contribution in [2.45, 2.75) is 19.4 Å². The highest BCUT2D eigenvalue weighted by molar-refractivity contribution is 6.30. The molecule has 0 aliphatic carbocycles. The molecule has 0 aliphatic heterocycles. The Morgan fingerprint density at radius 1 is 1.57 bits per heavy atom. The predicted molar refractivity (Wildman–Crippen MR) is 58.7 cm³/mol. The lowest BCUT2D eigenvalue weighted by atomic mass is 10.1. The van der Waals surface area contributed by atoms with Gasteiger partial charge in [-0.15, -0.1) is 0 Å². The Labute approximate surface area is 89.3 Å². The molecule has 0 spiro atoms. The number of halogens is 1. The van der Waals surface area contributed by atoms with E-state index in [1.54, 1.807) is 13.1 Å². The number of ketones is 1. The number of hydrogen-bond donors (Lipinski definition) is 1. The van der Waals surface area contributed by atoms with Crippen molar-refractivity contribution in [1.29, 1.82) is 0 Å². The molecule has 0 fully saturated rings. The highest BCUT2D eigenvalue weighted by Gasteiger charge is 2.10. The highest BCUT2D eigenvalue weighted by atomic mass is 35.5. The zero-order valence-electron chi connectivity index (χ0n) is 8.38. The van der Waals surface area contributed by atoms with E-state index in [2.05, 4.69) is 5.32 Å². The van der Waals surface area contributed by atoms with Crippen LogP contribution in [0.2, 0.25) is 5.02 Å². The monoisotopic (exact) mass is 211 g/mol. The summed E-state index contributed by atoms with van der Waals surface area (Å²) in [7, 11) is 1.78. The summed E-state index contributed by atoms with van der Waals surface area (Å²) in [5.41, 5.74) is 0.963. The minimum Gasteiger partial charge on any atom is -0.311 e. The third kappa shape index (κ3) is 3.13. The fourth-order valence-corrected chi connectivity index (χ4v) is 1.38. The van der Waals surface area contributed by atoms with Crippen LogP contribution in [0.1, 0.15) is 12.5 Å². The van der Waals surface area contributed by atoms with Crippen LogP contribution in [0.3, 0.4) is 0 Å². The maximum absolute atomic E-state index is 11.5. The largest absolute Gasteiger partial charge is 0.311 e. The van der Waals surface area contributed by atoms with Gasteiger partial charge >= 0.3 is 0 Å². The number of carbonyl (C=O) groups excluding carboxylic acids is 1. The van der Waals surface area contributed by atoms with Crippen molar-refractivity contribution in [1.82, 2.24) is 5.32 Å². The van der Waals surface area contributed by atoms with Gasteiger partial charge in [0.25, 0.3) is 0 Å². The van der Waals surface area contributed by atoms with Crippen LogP contribution in [0, 0.1) is 0 Å². The number of nitrogens with one attached hydrogen (secondary N) is 1.